The van der Waals surface area contributed by atoms with E-state index in [1.54, 1.807) is 0 Å². The zero-order chi connectivity index (χ0) is 15.2. The number of hydrogen-bond acceptors (Lipinski definition) is 2. The molecular weight excluding hydrogens is 286 g/mol. The molecule has 2 atom stereocenters. The van der Waals surface area contributed by atoms with E-state index in [1.807, 2.05) is 61.5 Å². The van der Waals surface area contributed by atoms with Gasteiger partial charge in [0.05, 0.1) is 5.92 Å². The Morgan fingerprint density at radius 1 is 1.10 bits per heavy atom. The fourth-order valence-electron chi connectivity index (χ4n) is 2.20. The summed E-state index contributed by atoms with van der Waals surface area (Å²) in [6, 6.07) is 16.9. The van der Waals surface area contributed by atoms with E-state index in [2.05, 4.69) is 5.32 Å². The monoisotopic (exact) mass is 303 g/mol. The second-order valence-corrected chi connectivity index (χ2v) is 5.42. The molecule has 4 heteroatoms. The van der Waals surface area contributed by atoms with Crippen molar-refractivity contribution in [2.24, 2.45) is 0 Å². The number of carboxylic acid groups (broad SMARTS) is 1. The van der Waals surface area contributed by atoms with Crippen molar-refractivity contribution in [3.05, 3.63) is 70.7 Å². The standard InChI is InChI=1S/C17H18ClNO2/c1-12(13-7-9-15(18)10-8-13)19-11-16(17(20)21)14-5-3-2-4-6-14/h2-10,12,16,19H,11H2,1H3,(H,20,21)/t12-,16?/m0/s1. The molecular formula is C17H18ClNO2. The van der Waals surface area contributed by atoms with E-state index in [0.717, 1.165) is 11.1 Å². The van der Waals surface area contributed by atoms with Crippen molar-refractivity contribution < 1.29 is 9.90 Å². The highest BCUT2D eigenvalue weighted by atomic mass is 35.5. The average molecular weight is 304 g/mol. The molecule has 0 radical (unpaired) electrons. The van der Waals surface area contributed by atoms with Crippen molar-refractivity contribution >= 4 is 17.6 Å². The Labute approximate surface area is 129 Å². The zero-order valence-electron chi connectivity index (χ0n) is 11.8. The molecule has 0 amide bonds. The summed E-state index contributed by atoms with van der Waals surface area (Å²) in [5.41, 5.74) is 1.89. The van der Waals surface area contributed by atoms with Crippen LogP contribution in [0.5, 0.6) is 0 Å². The number of carboxylic acids is 1. The van der Waals surface area contributed by atoms with Crippen molar-refractivity contribution in [1.29, 1.82) is 0 Å². The molecule has 110 valence electrons. The van der Waals surface area contributed by atoms with Crippen LogP contribution in [0.15, 0.2) is 54.6 Å². The SMILES string of the molecule is C[C@H](NCC(C(=O)O)c1ccccc1)c1ccc(Cl)cc1. The molecule has 0 fully saturated rings. The van der Waals surface area contributed by atoms with E-state index in [1.165, 1.54) is 0 Å². The van der Waals surface area contributed by atoms with Gasteiger partial charge >= 0.3 is 5.97 Å². The molecule has 2 rings (SSSR count). The van der Waals surface area contributed by atoms with E-state index >= 15 is 0 Å². The fraction of sp³-hybridized carbons (Fsp3) is 0.235. The third-order valence-electron chi connectivity index (χ3n) is 3.50. The van der Waals surface area contributed by atoms with Gasteiger partial charge in [0, 0.05) is 17.6 Å². The van der Waals surface area contributed by atoms with Crippen LogP contribution in [-0.2, 0) is 4.79 Å². The predicted octanol–water partition coefficient (Wildman–Crippen LogP) is 3.86. The van der Waals surface area contributed by atoms with Gasteiger partial charge in [-0.15, -0.1) is 0 Å². The van der Waals surface area contributed by atoms with Crippen LogP contribution < -0.4 is 5.32 Å². The predicted molar refractivity (Wildman–Crippen MR) is 84.7 cm³/mol. The van der Waals surface area contributed by atoms with Gasteiger partial charge in [-0.3, -0.25) is 4.79 Å². The number of nitrogens with one attached hydrogen (secondary N) is 1. The summed E-state index contributed by atoms with van der Waals surface area (Å²) in [5.74, 6) is -1.38. The van der Waals surface area contributed by atoms with Crippen molar-refractivity contribution in [1.82, 2.24) is 5.32 Å². The Kier molecular flexibility index (Phi) is 5.37. The summed E-state index contributed by atoms with van der Waals surface area (Å²) < 4.78 is 0. The first-order valence-electron chi connectivity index (χ1n) is 6.84. The summed E-state index contributed by atoms with van der Waals surface area (Å²) in [7, 11) is 0. The largest absolute Gasteiger partial charge is 0.481 e. The minimum atomic E-state index is -0.822. The van der Waals surface area contributed by atoms with Crippen LogP contribution in [-0.4, -0.2) is 17.6 Å². The minimum Gasteiger partial charge on any atom is -0.481 e. The second-order valence-electron chi connectivity index (χ2n) is 4.98. The molecule has 0 bridgehead atoms. The normalized spacial score (nSPS) is 13.6. The third kappa shape index (κ3) is 4.31. The average Bonchev–Trinajstić information content (AvgIpc) is 2.48. The van der Waals surface area contributed by atoms with Gasteiger partial charge in [0.25, 0.3) is 0 Å². The molecule has 0 aliphatic heterocycles. The van der Waals surface area contributed by atoms with Gasteiger partial charge in [-0.1, -0.05) is 54.1 Å². The Balaban J connectivity index is 2.02. The third-order valence-corrected chi connectivity index (χ3v) is 3.75. The van der Waals surface area contributed by atoms with Gasteiger partial charge in [0.15, 0.2) is 0 Å². The molecule has 2 aromatic carbocycles. The number of benzene rings is 2. The second kappa shape index (κ2) is 7.25. The summed E-state index contributed by atoms with van der Waals surface area (Å²) in [6.07, 6.45) is 0. The lowest BCUT2D eigenvalue weighted by Crippen LogP contribution is -2.28. The molecule has 0 aliphatic rings. The molecule has 0 saturated heterocycles. The van der Waals surface area contributed by atoms with E-state index in [9.17, 15) is 9.90 Å². The van der Waals surface area contributed by atoms with E-state index in [4.69, 9.17) is 11.6 Å². The van der Waals surface area contributed by atoms with Crippen molar-refractivity contribution in [2.45, 2.75) is 18.9 Å². The molecule has 21 heavy (non-hydrogen) atoms. The lowest BCUT2D eigenvalue weighted by Gasteiger charge is -2.18. The van der Waals surface area contributed by atoms with Gasteiger partial charge < -0.3 is 10.4 Å². The summed E-state index contributed by atoms with van der Waals surface area (Å²) in [4.78, 5) is 11.4. The number of hydrogen-bond donors (Lipinski definition) is 2. The quantitative estimate of drug-likeness (QED) is 0.852. The maximum absolute atomic E-state index is 11.4. The Morgan fingerprint density at radius 3 is 2.29 bits per heavy atom. The molecule has 0 aliphatic carbocycles. The highest BCUT2D eigenvalue weighted by molar-refractivity contribution is 6.30. The van der Waals surface area contributed by atoms with Crippen LogP contribution in [0.4, 0.5) is 0 Å². The number of rotatable bonds is 6. The van der Waals surface area contributed by atoms with Gasteiger partial charge in [-0.25, -0.2) is 0 Å². The molecule has 2 aromatic rings. The van der Waals surface area contributed by atoms with Gasteiger partial charge in [0.1, 0.15) is 0 Å². The smallest absolute Gasteiger partial charge is 0.312 e. The molecule has 3 nitrogen and oxygen atoms in total. The summed E-state index contributed by atoms with van der Waals surface area (Å²) in [6.45, 7) is 2.39. The number of aliphatic carboxylic acids is 1. The van der Waals surface area contributed by atoms with Gasteiger partial charge in [0.2, 0.25) is 0 Å². The lowest BCUT2D eigenvalue weighted by atomic mass is 9.98. The van der Waals surface area contributed by atoms with Crippen LogP contribution >= 0.6 is 11.6 Å². The van der Waals surface area contributed by atoms with E-state index in [0.29, 0.717) is 11.6 Å². The van der Waals surface area contributed by atoms with Crippen molar-refractivity contribution in [3.8, 4) is 0 Å². The van der Waals surface area contributed by atoms with Crippen LogP contribution in [0.2, 0.25) is 5.02 Å². The van der Waals surface area contributed by atoms with Gasteiger partial charge in [-0.05, 0) is 30.2 Å². The first kappa shape index (κ1) is 15.5. The molecule has 1 unspecified atom stereocenters. The highest BCUT2D eigenvalue weighted by Crippen LogP contribution is 2.19. The minimum absolute atomic E-state index is 0.0628. The molecule has 0 saturated carbocycles. The maximum Gasteiger partial charge on any atom is 0.312 e. The van der Waals surface area contributed by atoms with Crippen LogP contribution in [0.1, 0.15) is 30.0 Å². The molecule has 0 spiro atoms. The molecule has 0 aromatic heterocycles. The fourth-order valence-corrected chi connectivity index (χ4v) is 2.32. The first-order chi connectivity index (χ1) is 10.1. The van der Waals surface area contributed by atoms with Crippen molar-refractivity contribution in [2.75, 3.05) is 6.54 Å². The topological polar surface area (TPSA) is 49.3 Å². The first-order valence-corrected chi connectivity index (χ1v) is 7.22. The number of carbonyl (C=O) groups is 1. The van der Waals surface area contributed by atoms with Crippen LogP contribution in [0, 0.1) is 0 Å². The number of halogens is 1. The maximum atomic E-state index is 11.4. The Hall–Kier alpha value is -1.84. The Bertz CT molecular complexity index is 583. The van der Waals surface area contributed by atoms with E-state index < -0.39 is 11.9 Å². The lowest BCUT2D eigenvalue weighted by molar-refractivity contribution is -0.138. The summed E-state index contributed by atoms with van der Waals surface area (Å²) >= 11 is 5.87. The van der Waals surface area contributed by atoms with Crippen LogP contribution in [0.3, 0.4) is 0 Å². The van der Waals surface area contributed by atoms with Gasteiger partial charge in [-0.2, -0.15) is 0 Å². The Morgan fingerprint density at radius 2 is 1.71 bits per heavy atom. The zero-order valence-corrected chi connectivity index (χ0v) is 12.5. The van der Waals surface area contributed by atoms with E-state index in [-0.39, 0.29) is 6.04 Å². The molecule has 0 heterocycles. The highest BCUT2D eigenvalue weighted by Gasteiger charge is 2.20. The summed E-state index contributed by atoms with van der Waals surface area (Å²) in [5, 5.41) is 13.4. The molecule has 2 N–H and O–H groups in total. The van der Waals surface area contributed by atoms with Crippen LogP contribution in [0.25, 0.3) is 0 Å². The van der Waals surface area contributed by atoms with Crippen molar-refractivity contribution in [3.63, 3.8) is 0 Å².